The van der Waals surface area contributed by atoms with Gasteiger partial charge in [-0.3, -0.25) is 4.99 Å². The molecular weight excluding hydrogens is 182 g/mol. The summed E-state index contributed by atoms with van der Waals surface area (Å²) in [7, 11) is 0. The van der Waals surface area contributed by atoms with Crippen molar-refractivity contribution >= 4 is 17.5 Å². The van der Waals surface area contributed by atoms with Crippen molar-refractivity contribution in [3.8, 4) is 0 Å². The SMILES string of the molecule is CSc1ncc2c(n1)CCN=C2C. The molecule has 1 aliphatic heterocycles. The van der Waals surface area contributed by atoms with Crippen molar-refractivity contribution in [2.45, 2.75) is 18.5 Å². The lowest BCUT2D eigenvalue weighted by Crippen LogP contribution is -2.12. The normalized spacial score (nSPS) is 15.1. The van der Waals surface area contributed by atoms with Gasteiger partial charge in [-0.1, -0.05) is 11.8 Å². The van der Waals surface area contributed by atoms with E-state index in [4.69, 9.17) is 0 Å². The fourth-order valence-corrected chi connectivity index (χ4v) is 1.76. The molecular formula is C9H11N3S. The van der Waals surface area contributed by atoms with Crippen LogP contribution in [0.15, 0.2) is 16.3 Å². The molecule has 0 saturated heterocycles. The third kappa shape index (κ3) is 1.58. The van der Waals surface area contributed by atoms with Gasteiger partial charge in [0.05, 0.1) is 5.69 Å². The van der Waals surface area contributed by atoms with Crippen molar-refractivity contribution in [3.05, 3.63) is 17.5 Å². The van der Waals surface area contributed by atoms with Crippen LogP contribution in [0.1, 0.15) is 18.2 Å². The molecule has 0 radical (unpaired) electrons. The second-order valence-electron chi connectivity index (χ2n) is 2.93. The highest BCUT2D eigenvalue weighted by atomic mass is 32.2. The number of nitrogens with zero attached hydrogens (tertiary/aromatic N) is 3. The van der Waals surface area contributed by atoms with Crippen molar-refractivity contribution < 1.29 is 0 Å². The van der Waals surface area contributed by atoms with Gasteiger partial charge in [0.1, 0.15) is 0 Å². The Balaban J connectivity index is 2.48. The Hall–Kier alpha value is -0.900. The maximum atomic E-state index is 4.45. The number of rotatable bonds is 1. The lowest BCUT2D eigenvalue weighted by atomic mass is 10.1. The Morgan fingerprint density at radius 3 is 3.08 bits per heavy atom. The van der Waals surface area contributed by atoms with Crippen LogP contribution in [0.2, 0.25) is 0 Å². The van der Waals surface area contributed by atoms with Crippen molar-refractivity contribution in [1.82, 2.24) is 9.97 Å². The number of fused-ring (bicyclic) bond motifs is 1. The molecule has 0 aliphatic carbocycles. The van der Waals surface area contributed by atoms with Gasteiger partial charge in [-0.05, 0) is 13.2 Å². The van der Waals surface area contributed by atoms with E-state index < -0.39 is 0 Å². The van der Waals surface area contributed by atoms with Gasteiger partial charge < -0.3 is 0 Å². The van der Waals surface area contributed by atoms with Crippen LogP contribution >= 0.6 is 11.8 Å². The Morgan fingerprint density at radius 2 is 2.31 bits per heavy atom. The molecule has 13 heavy (non-hydrogen) atoms. The quantitative estimate of drug-likeness (QED) is 0.502. The minimum Gasteiger partial charge on any atom is -0.289 e. The molecule has 1 aliphatic rings. The molecule has 2 rings (SSSR count). The summed E-state index contributed by atoms with van der Waals surface area (Å²) in [5, 5.41) is 0.855. The largest absolute Gasteiger partial charge is 0.289 e. The molecule has 0 unspecified atom stereocenters. The van der Waals surface area contributed by atoms with Gasteiger partial charge >= 0.3 is 0 Å². The van der Waals surface area contributed by atoms with Crippen molar-refractivity contribution in [2.75, 3.05) is 12.8 Å². The van der Waals surface area contributed by atoms with Crippen molar-refractivity contribution in [2.24, 2.45) is 4.99 Å². The highest BCUT2D eigenvalue weighted by molar-refractivity contribution is 7.98. The summed E-state index contributed by atoms with van der Waals surface area (Å²) >= 11 is 1.58. The summed E-state index contributed by atoms with van der Waals surface area (Å²) in [4.78, 5) is 13.0. The van der Waals surface area contributed by atoms with Gasteiger partial charge in [0.25, 0.3) is 0 Å². The van der Waals surface area contributed by atoms with Crippen LogP contribution in [0.3, 0.4) is 0 Å². The molecule has 1 aromatic heterocycles. The Bertz CT molecular complexity index is 360. The Kier molecular flexibility index (Phi) is 2.31. The van der Waals surface area contributed by atoms with E-state index in [2.05, 4.69) is 15.0 Å². The van der Waals surface area contributed by atoms with E-state index in [0.717, 1.165) is 35.1 Å². The molecule has 2 heterocycles. The Morgan fingerprint density at radius 1 is 1.46 bits per heavy atom. The van der Waals surface area contributed by atoms with E-state index in [1.165, 1.54) is 0 Å². The Labute approximate surface area is 81.7 Å². The topological polar surface area (TPSA) is 38.1 Å². The molecule has 0 saturated carbocycles. The standard InChI is InChI=1S/C9H11N3S/c1-6-7-5-11-9(13-2)12-8(7)3-4-10-6/h5H,3-4H2,1-2H3. The van der Waals surface area contributed by atoms with Crippen LogP contribution in [0.5, 0.6) is 0 Å². The van der Waals surface area contributed by atoms with E-state index in [-0.39, 0.29) is 0 Å². The van der Waals surface area contributed by atoms with Crippen molar-refractivity contribution in [1.29, 1.82) is 0 Å². The lowest BCUT2D eigenvalue weighted by Gasteiger charge is -2.12. The van der Waals surface area contributed by atoms with E-state index in [1.54, 1.807) is 11.8 Å². The first-order chi connectivity index (χ1) is 6.31. The number of hydrogen-bond donors (Lipinski definition) is 0. The second-order valence-corrected chi connectivity index (χ2v) is 3.71. The smallest absolute Gasteiger partial charge is 0.187 e. The molecule has 0 N–H and O–H groups in total. The van der Waals surface area contributed by atoms with Crippen LogP contribution in [0.4, 0.5) is 0 Å². The third-order valence-electron chi connectivity index (χ3n) is 2.12. The van der Waals surface area contributed by atoms with E-state index in [0.29, 0.717) is 0 Å². The van der Waals surface area contributed by atoms with Gasteiger partial charge in [-0.15, -0.1) is 0 Å². The summed E-state index contributed by atoms with van der Waals surface area (Å²) in [5.74, 6) is 0. The zero-order chi connectivity index (χ0) is 9.26. The number of aromatic nitrogens is 2. The first-order valence-corrected chi connectivity index (χ1v) is 5.45. The summed E-state index contributed by atoms with van der Waals surface area (Å²) < 4.78 is 0. The predicted molar refractivity (Wildman–Crippen MR) is 54.6 cm³/mol. The van der Waals surface area contributed by atoms with Crippen molar-refractivity contribution in [3.63, 3.8) is 0 Å². The van der Waals surface area contributed by atoms with Crippen LogP contribution in [0.25, 0.3) is 0 Å². The summed E-state index contributed by atoms with van der Waals surface area (Å²) in [6, 6.07) is 0. The summed E-state index contributed by atoms with van der Waals surface area (Å²) in [6.45, 7) is 2.88. The molecule has 0 bridgehead atoms. The average Bonchev–Trinajstić information content (AvgIpc) is 2.18. The average molecular weight is 193 g/mol. The minimum absolute atomic E-state index is 0.855. The van der Waals surface area contributed by atoms with Gasteiger partial charge in [0.2, 0.25) is 0 Å². The van der Waals surface area contributed by atoms with E-state index in [9.17, 15) is 0 Å². The molecule has 3 nitrogen and oxygen atoms in total. The second kappa shape index (κ2) is 3.46. The molecule has 0 amide bonds. The lowest BCUT2D eigenvalue weighted by molar-refractivity contribution is 0.831. The summed E-state index contributed by atoms with van der Waals surface area (Å²) in [6.07, 6.45) is 4.82. The molecule has 0 aromatic carbocycles. The molecule has 0 fully saturated rings. The zero-order valence-corrected chi connectivity index (χ0v) is 8.56. The third-order valence-corrected chi connectivity index (χ3v) is 2.68. The van der Waals surface area contributed by atoms with E-state index >= 15 is 0 Å². The van der Waals surface area contributed by atoms with Gasteiger partial charge in [-0.2, -0.15) is 0 Å². The minimum atomic E-state index is 0.855. The molecule has 0 spiro atoms. The van der Waals surface area contributed by atoms with Gasteiger partial charge in [-0.25, -0.2) is 9.97 Å². The highest BCUT2D eigenvalue weighted by Gasteiger charge is 2.12. The highest BCUT2D eigenvalue weighted by Crippen LogP contribution is 2.16. The predicted octanol–water partition coefficient (Wildman–Crippen LogP) is 1.56. The molecule has 68 valence electrons. The van der Waals surface area contributed by atoms with Crippen LogP contribution in [-0.2, 0) is 6.42 Å². The van der Waals surface area contributed by atoms with Crippen LogP contribution < -0.4 is 0 Å². The monoisotopic (exact) mass is 193 g/mol. The number of aliphatic imine (C=N–C) groups is 1. The molecule has 1 aromatic rings. The van der Waals surface area contributed by atoms with E-state index in [1.807, 2.05) is 19.4 Å². The summed E-state index contributed by atoms with van der Waals surface area (Å²) in [5.41, 5.74) is 3.32. The fourth-order valence-electron chi connectivity index (χ4n) is 1.40. The number of hydrogen-bond acceptors (Lipinski definition) is 4. The zero-order valence-electron chi connectivity index (χ0n) is 7.74. The molecule has 0 atom stereocenters. The van der Waals surface area contributed by atoms with Crippen LogP contribution in [-0.4, -0.2) is 28.5 Å². The first-order valence-electron chi connectivity index (χ1n) is 4.22. The maximum Gasteiger partial charge on any atom is 0.187 e. The van der Waals surface area contributed by atoms with Gasteiger partial charge in [0, 0.05) is 30.4 Å². The fraction of sp³-hybridized carbons (Fsp3) is 0.444. The first kappa shape index (κ1) is 8.69. The van der Waals surface area contributed by atoms with Crippen LogP contribution in [0, 0.1) is 0 Å². The maximum absolute atomic E-state index is 4.45. The molecule has 4 heteroatoms. The number of thioether (sulfide) groups is 1. The van der Waals surface area contributed by atoms with Gasteiger partial charge in [0.15, 0.2) is 5.16 Å².